The number of piperazine rings is 1. The minimum Gasteiger partial charge on any atom is -0.489 e. The molecule has 0 saturated carbocycles. The fourth-order valence-corrected chi connectivity index (χ4v) is 3.35. The predicted octanol–water partition coefficient (Wildman–Crippen LogP) is 3.52. The lowest BCUT2D eigenvalue weighted by Crippen LogP contribution is -2.47. The number of pyridine rings is 1. The maximum Gasteiger partial charge on any atom is 0.144 e. The van der Waals surface area contributed by atoms with Gasteiger partial charge in [-0.25, -0.2) is 0 Å². The zero-order chi connectivity index (χ0) is 21.1. The minimum atomic E-state index is 0.111. The topological polar surface area (TPSA) is 80.6 Å². The Labute approximate surface area is 175 Å². The van der Waals surface area contributed by atoms with Crippen LogP contribution in [0.3, 0.4) is 0 Å². The van der Waals surface area contributed by atoms with E-state index < -0.39 is 0 Å². The SMILES string of the molecule is CCCCN1CCN(c2cc(OC(C)C)c(N)cc2CN)CC1.c1ccncc1. The molecule has 0 unspecified atom stereocenters. The summed E-state index contributed by atoms with van der Waals surface area (Å²) in [4.78, 5) is 8.75. The summed E-state index contributed by atoms with van der Waals surface area (Å²) in [7, 11) is 0. The normalized spacial score (nSPS) is 14.4. The van der Waals surface area contributed by atoms with E-state index in [-0.39, 0.29) is 6.10 Å². The third kappa shape index (κ3) is 7.55. The van der Waals surface area contributed by atoms with Crippen LogP contribution in [0.1, 0.15) is 39.2 Å². The van der Waals surface area contributed by atoms with Gasteiger partial charge in [0.1, 0.15) is 5.75 Å². The smallest absolute Gasteiger partial charge is 0.144 e. The van der Waals surface area contributed by atoms with E-state index in [1.54, 1.807) is 12.4 Å². The number of anilines is 2. The molecule has 29 heavy (non-hydrogen) atoms. The summed E-state index contributed by atoms with van der Waals surface area (Å²) in [6, 6.07) is 9.75. The van der Waals surface area contributed by atoms with Gasteiger partial charge in [-0.3, -0.25) is 9.88 Å². The fourth-order valence-electron chi connectivity index (χ4n) is 3.35. The molecule has 0 aliphatic carbocycles. The van der Waals surface area contributed by atoms with Crippen LogP contribution in [-0.4, -0.2) is 48.7 Å². The van der Waals surface area contributed by atoms with E-state index in [0.717, 1.165) is 37.5 Å². The molecule has 0 amide bonds. The summed E-state index contributed by atoms with van der Waals surface area (Å²) in [6.07, 6.45) is 6.15. The average Bonchev–Trinajstić information content (AvgIpc) is 2.75. The Morgan fingerprint density at radius 1 is 1.07 bits per heavy atom. The second-order valence-corrected chi connectivity index (χ2v) is 7.60. The van der Waals surface area contributed by atoms with E-state index in [9.17, 15) is 0 Å². The number of unbranched alkanes of at least 4 members (excludes halogenated alkanes) is 1. The maximum absolute atomic E-state index is 6.11. The van der Waals surface area contributed by atoms with Gasteiger partial charge in [0.25, 0.3) is 0 Å². The molecule has 1 aromatic carbocycles. The predicted molar refractivity (Wildman–Crippen MR) is 122 cm³/mol. The van der Waals surface area contributed by atoms with Gasteiger partial charge < -0.3 is 21.1 Å². The number of hydrogen-bond donors (Lipinski definition) is 2. The number of nitrogens with two attached hydrogens (primary N) is 2. The Hall–Kier alpha value is -2.31. The minimum absolute atomic E-state index is 0.111. The van der Waals surface area contributed by atoms with Crippen LogP contribution in [0, 0.1) is 0 Å². The molecule has 6 nitrogen and oxygen atoms in total. The van der Waals surface area contributed by atoms with Gasteiger partial charge in [-0.1, -0.05) is 19.4 Å². The highest BCUT2D eigenvalue weighted by molar-refractivity contribution is 5.67. The molecule has 0 bridgehead atoms. The van der Waals surface area contributed by atoms with Crippen LogP contribution in [0.4, 0.5) is 11.4 Å². The lowest BCUT2D eigenvalue weighted by molar-refractivity contribution is 0.243. The van der Waals surface area contributed by atoms with E-state index in [2.05, 4.69) is 27.8 Å². The zero-order valence-corrected chi connectivity index (χ0v) is 18.2. The molecule has 2 aromatic rings. The highest BCUT2D eigenvalue weighted by atomic mass is 16.5. The number of ether oxygens (including phenoxy) is 1. The molecule has 160 valence electrons. The summed E-state index contributed by atoms with van der Waals surface area (Å²) in [6.45, 7) is 12.3. The number of benzene rings is 1. The van der Waals surface area contributed by atoms with Crippen LogP contribution in [0.5, 0.6) is 5.75 Å². The number of rotatable bonds is 7. The molecule has 0 radical (unpaired) electrons. The molecule has 1 aromatic heterocycles. The molecular formula is C23H37N5O. The van der Waals surface area contributed by atoms with Gasteiger partial charge in [0, 0.05) is 56.9 Å². The summed E-state index contributed by atoms with van der Waals surface area (Å²) in [5, 5.41) is 0. The van der Waals surface area contributed by atoms with Crippen LogP contribution in [0.2, 0.25) is 0 Å². The van der Waals surface area contributed by atoms with E-state index in [1.165, 1.54) is 25.1 Å². The van der Waals surface area contributed by atoms with Crippen LogP contribution in [-0.2, 0) is 6.54 Å². The molecule has 1 aliphatic heterocycles. The third-order valence-electron chi connectivity index (χ3n) is 4.90. The van der Waals surface area contributed by atoms with Crippen LogP contribution < -0.4 is 21.1 Å². The monoisotopic (exact) mass is 399 g/mol. The molecule has 0 atom stereocenters. The maximum atomic E-state index is 6.11. The highest BCUT2D eigenvalue weighted by Crippen LogP contribution is 2.33. The van der Waals surface area contributed by atoms with E-state index in [0.29, 0.717) is 12.2 Å². The highest BCUT2D eigenvalue weighted by Gasteiger charge is 2.20. The van der Waals surface area contributed by atoms with Gasteiger partial charge in [-0.05, 0) is 50.6 Å². The van der Waals surface area contributed by atoms with Crippen molar-refractivity contribution in [3.05, 3.63) is 48.3 Å². The van der Waals surface area contributed by atoms with Crippen molar-refractivity contribution in [2.24, 2.45) is 5.73 Å². The van der Waals surface area contributed by atoms with Crippen molar-refractivity contribution in [1.29, 1.82) is 0 Å². The molecule has 1 fully saturated rings. The first kappa shape index (κ1) is 23.0. The largest absolute Gasteiger partial charge is 0.489 e. The second-order valence-electron chi connectivity index (χ2n) is 7.60. The van der Waals surface area contributed by atoms with Crippen LogP contribution in [0.25, 0.3) is 0 Å². The van der Waals surface area contributed by atoms with Crippen molar-refractivity contribution in [1.82, 2.24) is 9.88 Å². The van der Waals surface area contributed by atoms with Crippen molar-refractivity contribution >= 4 is 11.4 Å². The van der Waals surface area contributed by atoms with Crippen molar-refractivity contribution in [3.63, 3.8) is 0 Å². The molecule has 4 N–H and O–H groups in total. The zero-order valence-electron chi connectivity index (χ0n) is 18.2. The van der Waals surface area contributed by atoms with Gasteiger partial charge in [0.2, 0.25) is 0 Å². The Morgan fingerprint density at radius 3 is 2.24 bits per heavy atom. The quantitative estimate of drug-likeness (QED) is 0.694. The van der Waals surface area contributed by atoms with Crippen LogP contribution in [0.15, 0.2) is 42.7 Å². The lowest BCUT2D eigenvalue weighted by atomic mass is 10.1. The van der Waals surface area contributed by atoms with E-state index in [4.69, 9.17) is 16.2 Å². The standard InChI is InChI=1S/C18H32N4O.C5H5N/c1-4-5-6-21-7-9-22(10-8-21)17-12-18(23-14(2)3)16(20)11-15(17)13-19;1-2-4-6-5-3-1/h11-12,14H,4-10,13,19-20H2,1-3H3;1-5H. The summed E-state index contributed by atoms with van der Waals surface area (Å²) in [5.74, 6) is 0.764. The first-order valence-corrected chi connectivity index (χ1v) is 10.7. The van der Waals surface area contributed by atoms with Gasteiger partial charge in [-0.15, -0.1) is 0 Å². The number of aromatic nitrogens is 1. The second kappa shape index (κ2) is 12.3. The van der Waals surface area contributed by atoms with Crippen LogP contribution >= 0.6 is 0 Å². The first-order chi connectivity index (χ1) is 14.0. The van der Waals surface area contributed by atoms with Gasteiger partial charge >= 0.3 is 0 Å². The van der Waals surface area contributed by atoms with Crippen molar-refractivity contribution in [2.75, 3.05) is 43.4 Å². The Morgan fingerprint density at radius 2 is 1.76 bits per heavy atom. The number of nitrogen functional groups attached to an aromatic ring is 1. The molecule has 1 aliphatic rings. The lowest BCUT2D eigenvalue weighted by Gasteiger charge is -2.37. The van der Waals surface area contributed by atoms with E-state index in [1.807, 2.05) is 38.1 Å². The fraction of sp³-hybridized carbons (Fsp3) is 0.522. The summed E-state index contributed by atoms with van der Waals surface area (Å²) in [5.41, 5.74) is 15.0. The average molecular weight is 400 g/mol. The molecule has 3 rings (SSSR count). The van der Waals surface area contributed by atoms with Crippen molar-refractivity contribution in [2.45, 2.75) is 46.3 Å². The Bertz CT molecular complexity index is 673. The van der Waals surface area contributed by atoms with Gasteiger partial charge in [0.15, 0.2) is 0 Å². The Balaban J connectivity index is 0.000000426. The molecule has 0 spiro atoms. The molecule has 2 heterocycles. The van der Waals surface area contributed by atoms with Crippen molar-refractivity contribution < 1.29 is 4.74 Å². The summed E-state index contributed by atoms with van der Waals surface area (Å²) < 4.78 is 5.85. The third-order valence-corrected chi connectivity index (χ3v) is 4.90. The number of hydrogen-bond acceptors (Lipinski definition) is 6. The molecule has 6 heteroatoms. The molecular weight excluding hydrogens is 362 g/mol. The van der Waals surface area contributed by atoms with Gasteiger partial charge in [0.05, 0.1) is 11.8 Å². The summed E-state index contributed by atoms with van der Waals surface area (Å²) >= 11 is 0. The van der Waals surface area contributed by atoms with Gasteiger partial charge in [-0.2, -0.15) is 0 Å². The molecule has 1 saturated heterocycles. The Kier molecular flexibility index (Phi) is 9.74. The van der Waals surface area contributed by atoms with E-state index >= 15 is 0 Å². The van der Waals surface area contributed by atoms with Crippen molar-refractivity contribution in [3.8, 4) is 5.75 Å². The number of nitrogens with zero attached hydrogens (tertiary/aromatic N) is 3. The first-order valence-electron chi connectivity index (χ1n) is 10.7.